The Bertz CT molecular complexity index is 976. The summed E-state index contributed by atoms with van der Waals surface area (Å²) in [6.07, 6.45) is 6.03. The number of halogens is 3. The zero-order valence-electron chi connectivity index (χ0n) is 13.9. The second-order valence-electron chi connectivity index (χ2n) is 6.20. The zero-order chi connectivity index (χ0) is 19.8. The number of aliphatic carboxylic acids is 1. The Labute approximate surface area is 171 Å². The summed E-state index contributed by atoms with van der Waals surface area (Å²) in [5, 5.41) is 9.38. The largest absolute Gasteiger partial charge is 0.480 e. The molecule has 0 bridgehead atoms. The molecule has 0 saturated heterocycles. The molecule has 1 aliphatic rings. The smallest absolute Gasteiger partial charge is 0.341 e. The lowest BCUT2D eigenvalue weighted by Crippen LogP contribution is -2.32. The van der Waals surface area contributed by atoms with E-state index in [1.54, 1.807) is 30.3 Å². The maximum Gasteiger partial charge on any atom is 0.341 e. The van der Waals surface area contributed by atoms with E-state index in [2.05, 4.69) is 5.92 Å². The van der Waals surface area contributed by atoms with Crippen molar-refractivity contribution in [3.63, 3.8) is 0 Å². The van der Waals surface area contributed by atoms with E-state index >= 15 is 0 Å². The van der Waals surface area contributed by atoms with Gasteiger partial charge in [-0.05, 0) is 35.7 Å². The molecular weight excluding hydrogens is 411 g/mol. The van der Waals surface area contributed by atoms with Crippen LogP contribution in [0, 0.1) is 12.3 Å². The van der Waals surface area contributed by atoms with E-state index in [4.69, 9.17) is 51.1 Å². The summed E-state index contributed by atoms with van der Waals surface area (Å²) in [6.45, 7) is -0.574. The summed E-state index contributed by atoms with van der Waals surface area (Å²) in [7, 11) is 0. The van der Waals surface area contributed by atoms with Gasteiger partial charge in [-0.25, -0.2) is 4.79 Å². The number of ketones is 1. The van der Waals surface area contributed by atoms with Gasteiger partial charge in [0.25, 0.3) is 0 Å². The molecule has 0 radical (unpaired) electrons. The highest BCUT2D eigenvalue weighted by Gasteiger charge is 2.48. The van der Waals surface area contributed by atoms with Crippen molar-refractivity contribution >= 4 is 46.6 Å². The van der Waals surface area contributed by atoms with Crippen LogP contribution in [0.15, 0.2) is 30.3 Å². The number of rotatable bonds is 5. The minimum atomic E-state index is -1.15. The molecule has 2 aromatic rings. The zero-order valence-corrected chi connectivity index (χ0v) is 16.2. The molecule has 0 aliphatic heterocycles. The van der Waals surface area contributed by atoms with Crippen molar-refractivity contribution in [2.75, 3.05) is 6.61 Å². The predicted molar refractivity (Wildman–Crippen MR) is 104 cm³/mol. The van der Waals surface area contributed by atoms with Crippen molar-refractivity contribution in [3.05, 3.63) is 62.1 Å². The summed E-state index contributed by atoms with van der Waals surface area (Å²) in [4.78, 5) is 24.1. The Morgan fingerprint density at radius 1 is 1.22 bits per heavy atom. The van der Waals surface area contributed by atoms with E-state index in [0.717, 1.165) is 5.56 Å². The van der Waals surface area contributed by atoms with Crippen LogP contribution in [-0.4, -0.2) is 23.5 Å². The summed E-state index contributed by atoms with van der Waals surface area (Å²) in [6, 6.07) is 8.48. The predicted octanol–water partition coefficient (Wildman–Crippen LogP) is 4.81. The molecule has 138 valence electrons. The average Bonchev–Trinajstić information content (AvgIpc) is 2.90. The van der Waals surface area contributed by atoms with E-state index in [9.17, 15) is 9.59 Å². The normalized spacial score (nSPS) is 18.1. The van der Waals surface area contributed by atoms with Gasteiger partial charge in [0.2, 0.25) is 0 Å². The number of ether oxygens (including phenoxy) is 1. The second kappa shape index (κ2) is 7.44. The van der Waals surface area contributed by atoms with E-state index in [1.165, 1.54) is 0 Å². The van der Waals surface area contributed by atoms with Gasteiger partial charge in [-0.1, -0.05) is 46.9 Å². The average molecular weight is 424 g/mol. The van der Waals surface area contributed by atoms with Crippen LogP contribution in [0.25, 0.3) is 0 Å². The van der Waals surface area contributed by atoms with Gasteiger partial charge in [0.1, 0.15) is 10.8 Å². The number of Topliss-reactive ketones (excluding diaryl/α,β-unsaturated/α-hetero) is 1. The Morgan fingerprint density at radius 2 is 1.89 bits per heavy atom. The van der Waals surface area contributed by atoms with E-state index in [1.807, 2.05) is 0 Å². The first kappa shape index (κ1) is 19.6. The van der Waals surface area contributed by atoms with Crippen LogP contribution >= 0.6 is 34.8 Å². The number of fused-ring (bicyclic) bond motifs is 1. The van der Waals surface area contributed by atoms with Gasteiger partial charge >= 0.3 is 5.97 Å². The quantitative estimate of drug-likeness (QED) is 0.701. The third kappa shape index (κ3) is 3.39. The summed E-state index contributed by atoms with van der Waals surface area (Å²) >= 11 is 18.5. The van der Waals surface area contributed by atoms with Crippen molar-refractivity contribution in [1.29, 1.82) is 0 Å². The highest BCUT2D eigenvalue weighted by molar-refractivity contribution is 6.45. The number of benzene rings is 2. The first-order valence-corrected chi connectivity index (χ1v) is 9.03. The van der Waals surface area contributed by atoms with Gasteiger partial charge in [-0.3, -0.25) is 4.79 Å². The number of carboxylic acids is 1. The standard InChI is InChI=1S/C20H13Cl3O4/c1-2-7-20(12-3-5-13(21)6-4-12)9-11-8-14(27-10-15(24)25)17(22)18(23)16(11)19(20)26/h1,3-6,8H,7,9-10H2,(H,24,25). The third-order valence-electron chi connectivity index (χ3n) is 4.56. The molecule has 0 amide bonds. The van der Waals surface area contributed by atoms with Crippen molar-refractivity contribution < 1.29 is 19.4 Å². The molecule has 4 nitrogen and oxygen atoms in total. The van der Waals surface area contributed by atoms with Crippen LogP contribution in [0.1, 0.15) is 27.9 Å². The van der Waals surface area contributed by atoms with Gasteiger partial charge in [-0.2, -0.15) is 0 Å². The Kier molecular flexibility index (Phi) is 5.39. The van der Waals surface area contributed by atoms with Crippen LogP contribution in [0.2, 0.25) is 15.1 Å². The molecule has 1 aliphatic carbocycles. The van der Waals surface area contributed by atoms with Gasteiger partial charge in [0.05, 0.1) is 10.4 Å². The molecule has 1 unspecified atom stereocenters. The lowest BCUT2D eigenvalue weighted by Gasteiger charge is -2.26. The van der Waals surface area contributed by atoms with Crippen LogP contribution in [-0.2, 0) is 16.6 Å². The molecule has 0 spiro atoms. The second-order valence-corrected chi connectivity index (χ2v) is 7.39. The minimum absolute atomic E-state index is 0.00219. The van der Waals surface area contributed by atoms with E-state index < -0.39 is 18.0 Å². The fourth-order valence-electron chi connectivity index (χ4n) is 3.35. The van der Waals surface area contributed by atoms with Crippen LogP contribution in [0.5, 0.6) is 5.75 Å². The Morgan fingerprint density at radius 3 is 2.48 bits per heavy atom. The van der Waals surface area contributed by atoms with Crippen molar-refractivity contribution in [1.82, 2.24) is 0 Å². The lowest BCUT2D eigenvalue weighted by molar-refractivity contribution is -0.139. The Balaban J connectivity index is 2.11. The van der Waals surface area contributed by atoms with Gasteiger partial charge < -0.3 is 9.84 Å². The Hall–Kier alpha value is -2.19. The fraction of sp³-hybridized carbons (Fsp3) is 0.200. The van der Waals surface area contributed by atoms with Crippen LogP contribution in [0.4, 0.5) is 0 Å². The fourth-order valence-corrected chi connectivity index (χ4v) is 3.98. The number of carboxylic acid groups (broad SMARTS) is 1. The van der Waals surface area contributed by atoms with Crippen molar-refractivity contribution in [2.45, 2.75) is 18.3 Å². The molecule has 0 saturated carbocycles. The molecule has 27 heavy (non-hydrogen) atoms. The first-order valence-electron chi connectivity index (χ1n) is 7.90. The summed E-state index contributed by atoms with van der Waals surface area (Å²) < 4.78 is 5.20. The summed E-state index contributed by atoms with van der Waals surface area (Å²) in [5.74, 6) is 1.31. The monoisotopic (exact) mass is 422 g/mol. The van der Waals surface area contributed by atoms with Crippen LogP contribution in [0.3, 0.4) is 0 Å². The number of terminal acetylenes is 1. The van der Waals surface area contributed by atoms with E-state index in [-0.39, 0.29) is 33.6 Å². The number of hydrogen-bond donors (Lipinski definition) is 1. The van der Waals surface area contributed by atoms with Crippen LogP contribution < -0.4 is 4.74 Å². The maximum atomic E-state index is 13.3. The molecule has 1 N–H and O–H groups in total. The molecular formula is C20H13Cl3O4. The number of hydrogen-bond acceptors (Lipinski definition) is 3. The highest BCUT2D eigenvalue weighted by atomic mass is 35.5. The number of carbonyl (C=O) groups is 2. The highest BCUT2D eigenvalue weighted by Crippen LogP contribution is 2.48. The molecule has 7 heteroatoms. The maximum absolute atomic E-state index is 13.3. The minimum Gasteiger partial charge on any atom is -0.480 e. The molecule has 0 fully saturated rings. The van der Waals surface area contributed by atoms with Gasteiger partial charge in [0, 0.05) is 17.0 Å². The SMILES string of the molecule is C#CCC1(c2ccc(Cl)cc2)Cc2cc(OCC(=O)O)c(Cl)c(Cl)c2C1=O. The van der Waals surface area contributed by atoms with Gasteiger partial charge in [-0.15, -0.1) is 12.3 Å². The molecule has 1 atom stereocenters. The first-order chi connectivity index (χ1) is 12.8. The molecule has 0 heterocycles. The molecule has 2 aromatic carbocycles. The number of carbonyl (C=O) groups excluding carboxylic acids is 1. The van der Waals surface area contributed by atoms with Gasteiger partial charge in [0.15, 0.2) is 12.4 Å². The van der Waals surface area contributed by atoms with Crippen molar-refractivity contribution in [3.8, 4) is 18.1 Å². The van der Waals surface area contributed by atoms with E-state index in [0.29, 0.717) is 17.0 Å². The third-order valence-corrected chi connectivity index (χ3v) is 5.66. The molecule has 0 aromatic heterocycles. The topological polar surface area (TPSA) is 63.6 Å². The molecule has 3 rings (SSSR count). The lowest BCUT2D eigenvalue weighted by atomic mass is 9.74. The summed E-state index contributed by atoms with van der Waals surface area (Å²) in [5.41, 5.74) is 0.640. The van der Waals surface area contributed by atoms with Crippen molar-refractivity contribution in [2.24, 2.45) is 0 Å².